The summed E-state index contributed by atoms with van der Waals surface area (Å²) in [6, 6.07) is 19.8. The van der Waals surface area contributed by atoms with Gasteiger partial charge in [0.25, 0.3) is 0 Å². The highest BCUT2D eigenvalue weighted by molar-refractivity contribution is 6.01. The van der Waals surface area contributed by atoms with Crippen LogP contribution in [0.2, 0.25) is 0 Å². The van der Waals surface area contributed by atoms with Crippen LogP contribution in [0.1, 0.15) is 21.5 Å². The number of hydrogen-bond donors (Lipinski definition) is 0. The number of cyclic esters (lactones) is 1. The van der Waals surface area contributed by atoms with Crippen molar-refractivity contribution in [1.29, 1.82) is 0 Å². The van der Waals surface area contributed by atoms with Gasteiger partial charge in [0.1, 0.15) is 6.61 Å². The second kappa shape index (κ2) is 5.36. The predicted molar refractivity (Wildman–Crippen MR) is 89.0 cm³/mol. The maximum absolute atomic E-state index is 12.2. The maximum atomic E-state index is 12.2. The Morgan fingerprint density at radius 3 is 2.04 bits per heavy atom. The van der Waals surface area contributed by atoms with Crippen molar-refractivity contribution in [2.24, 2.45) is 0 Å². The molecule has 3 aromatic rings. The quantitative estimate of drug-likeness (QED) is 0.659. The number of pyridine rings is 1. The van der Waals surface area contributed by atoms with E-state index in [1.165, 1.54) is 0 Å². The predicted octanol–water partition coefficient (Wildman–Crippen LogP) is 4.39. The van der Waals surface area contributed by atoms with Crippen LogP contribution >= 0.6 is 0 Å². The van der Waals surface area contributed by atoms with E-state index in [-0.39, 0.29) is 5.97 Å². The molecule has 0 atom stereocenters. The summed E-state index contributed by atoms with van der Waals surface area (Å²) in [7, 11) is 0. The van der Waals surface area contributed by atoms with Crippen LogP contribution < -0.4 is 0 Å². The Bertz CT molecular complexity index is 887. The molecule has 3 heteroatoms. The summed E-state index contributed by atoms with van der Waals surface area (Å²) >= 11 is 0. The minimum atomic E-state index is -0.283. The van der Waals surface area contributed by atoms with Crippen LogP contribution in [-0.2, 0) is 11.3 Å². The van der Waals surface area contributed by atoms with E-state index >= 15 is 0 Å². The Morgan fingerprint density at radius 2 is 1.43 bits per heavy atom. The number of fused-ring (bicyclic) bond motifs is 1. The Balaban J connectivity index is 2.03. The molecule has 0 aliphatic carbocycles. The highest BCUT2D eigenvalue weighted by atomic mass is 16.5. The van der Waals surface area contributed by atoms with Crippen LogP contribution in [0.25, 0.3) is 22.5 Å². The lowest BCUT2D eigenvalue weighted by atomic mass is 9.95. The molecule has 1 aliphatic rings. The van der Waals surface area contributed by atoms with Gasteiger partial charge in [-0.05, 0) is 12.5 Å². The second-order valence-corrected chi connectivity index (χ2v) is 5.60. The number of hydrogen-bond acceptors (Lipinski definition) is 3. The Morgan fingerprint density at radius 1 is 0.870 bits per heavy atom. The molecule has 1 aromatic heterocycles. The molecule has 0 radical (unpaired) electrons. The Kier molecular flexibility index (Phi) is 3.19. The van der Waals surface area contributed by atoms with Crippen molar-refractivity contribution >= 4 is 5.97 Å². The lowest BCUT2D eigenvalue weighted by Crippen LogP contribution is -2.03. The SMILES string of the molecule is Cc1c(-c2ccccc2)nc(-c2ccccc2)c2c1COC2=O. The molecule has 1 aliphatic heterocycles. The number of ether oxygens (including phenoxy) is 1. The highest BCUT2D eigenvalue weighted by Crippen LogP contribution is 2.36. The molecule has 0 saturated heterocycles. The van der Waals surface area contributed by atoms with E-state index in [9.17, 15) is 4.79 Å². The molecular formula is C20H15NO2. The zero-order valence-electron chi connectivity index (χ0n) is 12.7. The zero-order chi connectivity index (χ0) is 15.8. The van der Waals surface area contributed by atoms with Crippen LogP contribution in [0.4, 0.5) is 0 Å². The van der Waals surface area contributed by atoms with E-state index in [1.807, 2.05) is 67.6 Å². The fourth-order valence-electron chi connectivity index (χ4n) is 3.02. The first-order chi connectivity index (χ1) is 11.3. The first kappa shape index (κ1) is 13.7. The van der Waals surface area contributed by atoms with Crippen molar-refractivity contribution in [2.75, 3.05) is 0 Å². The van der Waals surface area contributed by atoms with Crippen molar-refractivity contribution in [2.45, 2.75) is 13.5 Å². The monoisotopic (exact) mass is 301 g/mol. The fourth-order valence-corrected chi connectivity index (χ4v) is 3.02. The first-order valence-electron chi connectivity index (χ1n) is 7.57. The summed E-state index contributed by atoms with van der Waals surface area (Å²) in [6.07, 6.45) is 0. The van der Waals surface area contributed by atoms with Gasteiger partial charge in [-0.2, -0.15) is 0 Å². The smallest absolute Gasteiger partial charge is 0.341 e. The van der Waals surface area contributed by atoms with E-state index in [2.05, 4.69) is 0 Å². The topological polar surface area (TPSA) is 39.2 Å². The van der Waals surface area contributed by atoms with Gasteiger partial charge in [-0.3, -0.25) is 0 Å². The third-order valence-corrected chi connectivity index (χ3v) is 4.22. The minimum absolute atomic E-state index is 0.283. The summed E-state index contributed by atoms with van der Waals surface area (Å²) in [4.78, 5) is 17.0. The lowest BCUT2D eigenvalue weighted by Gasteiger charge is -2.13. The third kappa shape index (κ3) is 2.21. The van der Waals surface area contributed by atoms with Gasteiger partial charge in [-0.1, -0.05) is 60.7 Å². The van der Waals surface area contributed by atoms with Crippen molar-refractivity contribution in [1.82, 2.24) is 4.98 Å². The van der Waals surface area contributed by atoms with Gasteiger partial charge in [0.05, 0.1) is 17.0 Å². The molecule has 23 heavy (non-hydrogen) atoms. The minimum Gasteiger partial charge on any atom is -0.457 e. The summed E-state index contributed by atoms with van der Waals surface area (Å²) in [5.74, 6) is -0.283. The van der Waals surface area contributed by atoms with Gasteiger partial charge in [0, 0.05) is 16.7 Å². The molecule has 0 saturated carbocycles. The van der Waals surface area contributed by atoms with E-state index in [1.54, 1.807) is 0 Å². The lowest BCUT2D eigenvalue weighted by molar-refractivity contribution is 0.0535. The van der Waals surface area contributed by atoms with Gasteiger partial charge < -0.3 is 4.74 Å². The van der Waals surface area contributed by atoms with Crippen molar-refractivity contribution in [3.8, 4) is 22.5 Å². The van der Waals surface area contributed by atoms with E-state index in [0.717, 1.165) is 27.9 Å². The molecule has 2 heterocycles. The molecular weight excluding hydrogens is 286 g/mol. The summed E-state index contributed by atoms with van der Waals surface area (Å²) < 4.78 is 5.28. The van der Waals surface area contributed by atoms with Gasteiger partial charge in [-0.25, -0.2) is 9.78 Å². The molecule has 3 nitrogen and oxygen atoms in total. The van der Waals surface area contributed by atoms with Crippen molar-refractivity contribution in [3.05, 3.63) is 77.4 Å². The Hall–Kier alpha value is -2.94. The van der Waals surface area contributed by atoms with Crippen molar-refractivity contribution in [3.63, 3.8) is 0 Å². The number of carbonyl (C=O) groups excluding carboxylic acids is 1. The van der Waals surface area contributed by atoms with Gasteiger partial charge in [-0.15, -0.1) is 0 Å². The van der Waals surface area contributed by atoms with E-state index < -0.39 is 0 Å². The molecule has 0 unspecified atom stereocenters. The summed E-state index contributed by atoms with van der Waals surface area (Å²) in [6.45, 7) is 2.33. The maximum Gasteiger partial charge on any atom is 0.341 e. The Labute approximate surface area is 134 Å². The first-order valence-corrected chi connectivity index (χ1v) is 7.57. The second-order valence-electron chi connectivity index (χ2n) is 5.60. The van der Waals surface area contributed by atoms with E-state index in [0.29, 0.717) is 17.9 Å². The van der Waals surface area contributed by atoms with Crippen LogP contribution in [0.3, 0.4) is 0 Å². The molecule has 4 rings (SSSR count). The number of carbonyl (C=O) groups is 1. The number of rotatable bonds is 2. The van der Waals surface area contributed by atoms with Gasteiger partial charge >= 0.3 is 5.97 Å². The van der Waals surface area contributed by atoms with Crippen LogP contribution in [0.15, 0.2) is 60.7 Å². The number of nitrogens with zero attached hydrogens (tertiary/aromatic N) is 1. The standard InChI is InChI=1S/C20H15NO2/c1-13-16-12-23-20(22)17(16)19(15-10-6-3-7-11-15)21-18(13)14-8-4-2-5-9-14/h2-11H,12H2,1H3. The van der Waals surface area contributed by atoms with Gasteiger partial charge in [0.15, 0.2) is 0 Å². The average molecular weight is 301 g/mol. The largest absolute Gasteiger partial charge is 0.457 e. The van der Waals surface area contributed by atoms with E-state index in [4.69, 9.17) is 9.72 Å². The molecule has 112 valence electrons. The molecule has 0 amide bonds. The average Bonchev–Trinajstić information content (AvgIpc) is 3.00. The van der Waals surface area contributed by atoms with Crippen molar-refractivity contribution < 1.29 is 9.53 Å². The summed E-state index contributed by atoms with van der Waals surface area (Å²) in [5, 5.41) is 0. The fraction of sp³-hybridized carbons (Fsp3) is 0.100. The normalized spacial score (nSPS) is 12.8. The third-order valence-electron chi connectivity index (χ3n) is 4.22. The molecule has 2 aromatic carbocycles. The molecule has 0 spiro atoms. The van der Waals surface area contributed by atoms with Crippen LogP contribution in [-0.4, -0.2) is 11.0 Å². The molecule has 0 bridgehead atoms. The zero-order valence-corrected chi connectivity index (χ0v) is 12.7. The molecule has 0 N–H and O–H groups in total. The molecule has 0 fully saturated rings. The number of esters is 1. The number of aromatic nitrogens is 1. The summed E-state index contributed by atoms with van der Waals surface area (Å²) in [5.41, 5.74) is 6.14. The number of benzene rings is 2. The highest BCUT2D eigenvalue weighted by Gasteiger charge is 2.30. The van der Waals surface area contributed by atoms with Crippen LogP contribution in [0, 0.1) is 6.92 Å². The van der Waals surface area contributed by atoms with Crippen LogP contribution in [0.5, 0.6) is 0 Å². The van der Waals surface area contributed by atoms with Gasteiger partial charge in [0.2, 0.25) is 0 Å².